The van der Waals surface area contributed by atoms with Gasteiger partial charge in [0, 0.05) is 30.8 Å². The maximum Gasteiger partial charge on any atom is 0.268 e. The van der Waals surface area contributed by atoms with Crippen molar-refractivity contribution in [2.45, 2.75) is 31.4 Å². The molecule has 170 valence electrons. The summed E-state index contributed by atoms with van der Waals surface area (Å²) in [7, 11) is 0. The monoisotopic (exact) mass is 448 g/mol. The lowest BCUT2D eigenvalue weighted by Crippen LogP contribution is -2.46. The molecule has 2 heterocycles. The minimum absolute atomic E-state index is 0.105. The van der Waals surface area contributed by atoms with Crippen molar-refractivity contribution in [2.24, 2.45) is 11.5 Å². The van der Waals surface area contributed by atoms with E-state index < -0.39 is 55.2 Å². The number of carbonyl (C=O) groups excluding carboxylic acids is 4. The Balaban J connectivity index is 1.72. The molecule has 32 heavy (non-hydrogen) atoms. The number of nitrogens with one attached hydrogen (secondary N) is 2. The first-order valence-electron chi connectivity index (χ1n) is 9.74. The largest absolute Gasteiger partial charge is 0.370 e. The number of nitrogens with two attached hydrogens (primary N) is 2. The van der Waals surface area contributed by atoms with Crippen molar-refractivity contribution in [1.29, 1.82) is 0 Å². The van der Waals surface area contributed by atoms with Crippen molar-refractivity contribution in [3.8, 4) is 0 Å². The summed E-state index contributed by atoms with van der Waals surface area (Å²) in [5.41, 5.74) is 11.4. The summed E-state index contributed by atoms with van der Waals surface area (Å²) in [6.45, 7) is -1.30. The number of rotatable bonds is 7. The Hall–Kier alpha value is -3.67. The summed E-state index contributed by atoms with van der Waals surface area (Å²) in [5, 5.41) is 5.43. The Morgan fingerprint density at radius 3 is 2.59 bits per heavy atom. The fourth-order valence-corrected chi connectivity index (χ4v) is 3.40. The Kier molecular flexibility index (Phi) is 6.63. The van der Waals surface area contributed by atoms with Gasteiger partial charge >= 0.3 is 0 Å². The fraction of sp³-hybridized carbons (Fsp3) is 0.350. The van der Waals surface area contributed by atoms with E-state index in [2.05, 4.69) is 15.6 Å². The lowest BCUT2D eigenvalue weighted by molar-refractivity contribution is -0.132. The number of amides is 4. The fourth-order valence-electron chi connectivity index (χ4n) is 3.40. The number of aromatic nitrogens is 1. The number of carbonyl (C=O) groups is 4. The van der Waals surface area contributed by atoms with Crippen LogP contribution >= 0.6 is 0 Å². The third kappa shape index (κ3) is 5.32. The molecule has 0 bridgehead atoms. The van der Waals surface area contributed by atoms with Gasteiger partial charge in [-0.25, -0.2) is 8.78 Å². The maximum absolute atomic E-state index is 13.4. The SMILES string of the molecule is NC(=O)CCC(=O)Nc1cccc2c(C(=O)NCC(=O)N3CC(F)(F)CC3N)ccnc12. The highest BCUT2D eigenvalue weighted by atomic mass is 19.3. The summed E-state index contributed by atoms with van der Waals surface area (Å²) in [6.07, 6.45) is -0.605. The number of primary amides is 1. The molecule has 0 aliphatic carbocycles. The van der Waals surface area contributed by atoms with Crippen molar-refractivity contribution in [2.75, 3.05) is 18.4 Å². The number of hydrogen-bond acceptors (Lipinski definition) is 6. The third-order valence-corrected chi connectivity index (χ3v) is 4.92. The van der Waals surface area contributed by atoms with Gasteiger partial charge in [-0.3, -0.25) is 24.2 Å². The molecule has 1 aliphatic heterocycles. The zero-order valence-electron chi connectivity index (χ0n) is 16.9. The normalized spacial score (nSPS) is 17.2. The molecule has 1 aromatic carbocycles. The molecule has 1 atom stereocenters. The average molecular weight is 448 g/mol. The number of alkyl halides is 2. The first kappa shape index (κ1) is 23.0. The predicted molar refractivity (Wildman–Crippen MR) is 110 cm³/mol. The minimum atomic E-state index is -3.06. The second-order valence-corrected chi connectivity index (χ2v) is 7.41. The molecule has 0 saturated carbocycles. The first-order chi connectivity index (χ1) is 15.1. The van der Waals surface area contributed by atoms with Gasteiger partial charge in [-0.05, 0) is 12.1 Å². The van der Waals surface area contributed by atoms with Gasteiger partial charge in [-0.15, -0.1) is 0 Å². The number of para-hydroxylation sites is 1. The topological polar surface area (TPSA) is 161 Å². The van der Waals surface area contributed by atoms with Gasteiger partial charge < -0.3 is 27.0 Å². The second kappa shape index (κ2) is 9.22. The zero-order valence-corrected chi connectivity index (χ0v) is 16.9. The molecule has 1 fully saturated rings. The van der Waals surface area contributed by atoms with Crippen LogP contribution in [-0.4, -0.2) is 58.7 Å². The van der Waals surface area contributed by atoms with E-state index in [-0.39, 0.29) is 18.4 Å². The quantitative estimate of drug-likeness (QED) is 0.477. The number of hydrogen-bond donors (Lipinski definition) is 4. The summed E-state index contributed by atoms with van der Waals surface area (Å²) >= 11 is 0. The van der Waals surface area contributed by atoms with E-state index in [1.807, 2.05) is 0 Å². The number of likely N-dealkylation sites (tertiary alicyclic amines) is 1. The highest BCUT2D eigenvalue weighted by Gasteiger charge is 2.45. The van der Waals surface area contributed by atoms with E-state index in [1.165, 1.54) is 12.3 Å². The summed E-state index contributed by atoms with van der Waals surface area (Å²) < 4.78 is 26.9. The number of pyridine rings is 1. The minimum Gasteiger partial charge on any atom is -0.370 e. The standard InChI is InChI=1S/C20H22F2N6O4/c21-20(22)8-14(23)28(10-20)17(31)9-26-19(32)12-6-7-25-18-11(12)2-1-3-13(18)27-16(30)5-4-15(24)29/h1-3,6-7,14H,4-5,8-10,23H2,(H2,24,29)(H,26,32)(H,27,30). The lowest BCUT2D eigenvalue weighted by atomic mass is 10.1. The number of benzene rings is 1. The van der Waals surface area contributed by atoms with Crippen molar-refractivity contribution < 1.29 is 28.0 Å². The van der Waals surface area contributed by atoms with E-state index in [4.69, 9.17) is 11.5 Å². The van der Waals surface area contributed by atoms with Crippen LogP contribution in [0, 0.1) is 0 Å². The van der Waals surface area contributed by atoms with Crippen LogP contribution in [0.4, 0.5) is 14.5 Å². The van der Waals surface area contributed by atoms with Gasteiger partial charge in [0.2, 0.25) is 17.7 Å². The third-order valence-electron chi connectivity index (χ3n) is 4.92. The van der Waals surface area contributed by atoms with Crippen molar-refractivity contribution >= 4 is 40.2 Å². The Bertz CT molecular complexity index is 1080. The van der Waals surface area contributed by atoms with Crippen LogP contribution in [0.3, 0.4) is 0 Å². The number of halogens is 2. The molecule has 1 unspecified atom stereocenters. The van der Waals surface area contributed by atoms with Crippen LogP contribution in [0.1, 0.15) is 29.6 Å². The van der Waals surface area contributed by atoms with Crippen LogP contribution in [0.5, 0.6) is 0 Å². The Morgan fingerprint density at radius 1 is 1.19 bits per heavy atom. The molecule has 0 spiro atoms. The van der Waals surface area contributed by atoms with E-state index >= 15 is 0 Å². The van der Waals surface area contributed by atoms with Crippen molar-refractivity contribution in [1.82, 2.24) is 15.2 Å². The van der Waals surface area contributed by atoms with E-state index in [0.717, 1.165) is 4.90 Å². The summed E-state index contributed by atoms with van der Waals surface area (Å²) in [6, 6.07) is 6.21. The molecule has 1 saturated heterocycles. The van der Waals surface area contributed by atoms with Gasteiger partial charge in [-0.1, -0.05) is 12.1 Å². The molecule has 12 heteroatoms. The van der Waals surface area contributed by atoms with Crippen LogP contribution in [0.15, 0.2) is 30.5 Å². The smallest absolute Gasteiger partial charge is 0.268 e. The van der Waals surface area contributed by atoms with Crippen molar-refractivity contribution in [3.63, 3.8) is 0 Å². The molecule has 10 nitrogen and oxygen atoms in total. The molecule has 6 N–H and O–H groups in total. The van der Waals surface area contributed by atoms with E-state index in [9.17, 15) is 28.0 Å². The Morgan fingerprint density at radius 2 is 1.94 bits per heavy atom. The number of anilines is 1. The molecular weight excluding hydrogens is 426 g/mol. The first-order valence-corrected chi connectivity index (χ1v) is 9.74. The van der Waals surface area contributed by atoms with Gasteiger partial charge in [0.05, 0.1) is 36.0 Å². The highest BCUT2D eigenvalue weighted by molar-refractivity contribution is 6.10. The molecule has 1 aromatic heterocycles. The second-order valence-electron chi connectivity index (χ2n) is 7.41. The molecular formula is C20H22F2N6O4. The van der Waals surface area contributed by atoms with Crippen LogP contribution < -0.4 is 22.1 Å². The van der Waals surface area contributed by atoms with Gasteiger partial charge in [0.1, 0.15) is 0 Å². The molecule has 0 radical (unpaired) electrons. The van der Waals surface area contributed by atoms with Crippen molar-refractivity contribution in [3.05, 3.63) is 36.0 Å². The van der Waals surface area contributed by atoms with E-state index in [1.54, 1.807) is 18.2 Å². The average Bonchev–Trinajstić information content (AvgIpc) is 3.02. The van der Waals surface area contributed by atoms with Crippen LogP contribution in [0.25, 0.3) is 10.9 Å². The predicted octanol–water partition coefficient (Wildman–Crippen LogP) is 0.321. The summed E-state index contributed by atoms with van der Waals surface area (Å²) in [5.74, 6) is -5.45. The zero-order chi connectivity index (χ0) is 23.5. The molecule has 2 aromatic rings. The molecule has 3 rings (SSSR count). The van der Waals surface area contributed by atoms with Gasteiger partial charge in [0.25, 0.3) is 11.8 Å². The lowest BCUT2D eigenvalue weighted by Gasteiger charge is -2.20. The molecule has 1 aliphatic rings. The number of fused-ring (bicyclic) bond motifs is 1. The van der Waals surface area contributed by atoms with Crippen LogP contribution in [0.2, 0.25) is 0 Å². The number of nitrogens with zero attached hydrogens (tertiary/aromatic N) is 2. The Labute approximate surface area is 181 Å². The van der Waals surface area contributed by atoms with Gasteiger partial charge in [0.15, 0.2) is 0 Å². The maximum atomic E-state index is 13.4. The highest BCUT2D eigenvalue weighted by Crippen LogP contribution is 2.29. The van der Waals surface area contributed by atoms with E-state index in [0.29, 0.717) is 16.6 Å². The van der Waals surface area contributed by atoms with Gasteiger partial charge in [-0.2, -0.15) is 0 Å². The van der Waals surface area contributed by atoms with Crippen LogP contribution in [-0.2, 0) is 14.4 Å². The summed E-state index contributed by atoms with van der Waals surface area (Å²) in [4.78, 5) is 52.8. The molecule has 4 amide bonds.